The Kier molecular flexibility index (Phi) is 6.18. The van der Waals surface area contributed by atoms with Gasteiger partial charge in [-0.1, -0.05) is 30.3 Å². The van der Waals surface area contributed by atoms with Crippen molar-refractivity contribution in [2.24, 2.45) is 0 Å². The maximum Gasteiger partial charge on any atom is 0.348 e. The molecule has 1 N–H and O–H groups in total. The summed E-state index contributed by atoms with van der Waals surface area (Å²) in [7, 11) is 0. The van der Waals surface area contributed by atoms with Crippen molar-refractivity contribution in [1.29, 1.82) is 0 Å². The van der Waals surface area contributed by atoms with Crippen molar-refractivity contribution >= 4 is 34.7 Å². The van der Waals surface area contributed by atoms with Crippen molar-refractivity contribution in [1.82, 2.24) is 0 Å². The predicted octanol–water partition coefficient (Wildman–Crippen LogP) is 4.54. The summed E-state index contributed by atoms with van der Waals surface area (Å²) in [5.74, 6) is -0.175. The van der Waals surface area contributed by atoms with Crippen LogP contribution in [0.25, 0.3) is 0 Å². The molecule has 0 saturated heterocycles. The number of carbonyl (C=O) groups excluding carboxylic acids is 3. The van der Waals surface area contributed by atoms with E-state index >= 15 is 0 Å². The summed E-state index contributed by atoms with van der Waals surface area (Å²) in [6.07, 6.45) is 0. The second-order valence-corrected chi connectivity index (χ2v) is 6.84. The normalized spacial score (nSPS) is 10.2. The minimum Gasteiger partial charge on any atom is -0.455 e. The first-order valence-corrected chi connectivity index (χ1v) is 9.24. The molecule has 1 heterocycles. The van der Waals surface area contributed by atoms with Crippen molar-refractivity contribution in [2.45, 2.75) is 6.92 Å². The average molecular weight is 395 g/mol. The number of ether oxygens (including phenoxy) is 2. The van der Waals surface area contributed by atoms with Crippen molar-refractivity contribution < 1.29 is 23.9 Å². The number of anilines is 1. The number of hydrogen-bond donors (Lipinski definition) is 1. The van der Waals surface area contributed by atoms with Crippen LogP contribution in [0.15, 0.2) is 66.7 Å². The summed E-state index contributed by atoms with van der Waals surface area (Å²) in [6, 6.07) is 19.2. The molecule has 0 aliphatic heterocycles. The summed E-state index contributed by atoms with van der Waals surface area (Å²) >= 11 is 1.03. The number of ketones is 1. The molecule has 1 aromatic heterocycles. The van der Waals surface area contributed by atoms with Crippen LogP contribution in [0.1, 0.15) is 26.3 Å². The van der Waals surface area contributed by atoms with E-state index in [1.54, 1.807) is 42.5 Å². The molecule has 0 saturated carbocycles. The second kappa shape index (κ2) is 8.96. The number of thiophene rings is 1. The first-order chi connectivity index (χ1) is 13.5. The van der Waals surface area contributed by atoms with Crippen LogP contribution in [0, 0.1) is 0 Å². The van der Waals surface area contributed by atoms with Crippen LogP contribution in [0.4, 0.5) is 5.69 Å². The summed E-state index contributed by atoms with van der Waals surface area (Å²) in [5.41, 5.74) is 0.461. The van der Waals surface area contributed by atoms with Crippen molar-refractivity contribution in [3.05, 3.63) is 76.5 Å². The lowest BCUT2D eigenvalue weighted by molar-refractivity contribution is -0.119. The third-order valence-electron chi connectivity index (χ3n) is 3.62. The van der Waals surface area contributed by atoms with Gasteiger partial charge in [0.15, 0.2) is 18.1 Å². The molecule has 0 aliphatic rings. The highest BCUT2D eigenvalue weighted by atomic mass is 32.1. The third kappa shape index (κ3) is 5.05. The molecular formula is C21H17NO5S. The zero-order valence-corrected chi connectivity index (χ0v) is 15.8. The fourth-order valence-corrected chi connectivity index (χ4v) is 3.09. The minimum atomic E-state index is -0.651. The molecule has 142 valence electrons. The van der Waals surface area contributed by atoms with Crippen LogP contribution in [-0.2, 0) is 9.53 Å². The minimum absolute atomic E-state index is 0.128. The summed E-state index contributed by atoms with van der Waals surface area (Å²) in [5, 5.41) is 2.67. The number of para-hydroxylation sites is 3. The number of amides is 1. The Bertz CT molecular complexity index is 997. The Morgan fingerprint density at radius 1 is 0.893 bits per heavy atom. The van der Waals surface area contributed by atoms with E-state index in [2.05, 4.69) is 5.32 Å². The molecule has 0 spiro atoms. The highest BCUT2D eigenvalue weighted by Crippen LogP contribution is 2.29. The standard InChI is InChI=1S/C21H17NO5S/c1-14(23)18-11-12-19(28-18)21(25)26-13-20(24)22-16-9-5-6-10-17(16)27-15-7-3-2-4-8-15/h2-12H,13H2,1H3,(H,22,24). The Morgan fingerprint density at radius 2 is 1.57 bits per heavy atom. The second-order valence-electron chi connectivity index (χ2n) is 5.76. The number of nitrogens with one attached hydrogen (secondary N) is 1. The molecule has 0 atom stereocenters. The molecular weight excluding hydrogens is 378 g/mol. The topological polar surface area (TPSA) is 81.7 Å². The first kappa shape index (κ1) is 19.3. The van der Waals surface area contributed by atoms with E-state index in [0.717, 1.165) is 11.3 Å². The van der Waals surface area contributed by atoms with Crippen LogP contribution >= 0.6 is 11.3 Å². The number of esters is 1. The lowest BCUT2D eigenvalue weighted by atomic mass is 10.3. The molecule has 0 radical (unpaired) electrons. The van der Waals surface area contributed by atoms with Gasteiger partial charge in [0.25, 0.3) is 5.91 Å². The van der Waals surface area contributed by atoms with Gasteiger partial charge >= 0.3 is 5.97 Å². The van der Waals surface area contributed by atoms with E-state index in [4.69, 9.17) is 9.47 Å². The number of benzene rings is 2. The van der Waals surface area contributed by atoms with Gasteiger partial charge in [-0.05, 0) is 43.3 Å². The molecule has 6 nitrogen and oxygen atoms in total. The summed E-state index contributed by atoms with van der Waals surface area (Å²) < 4.78 is 10.8. The molecule has 3 rings (SSSR count). The van der Waals surface area contributed by atoms with Gasteiger partial charge in [0.2, 0.25) is 0 Å². The molecule has 7 heteroatoms. The van der Waals surface area contributed by atoms with Crippen LogP contribution < -0.4 is 10.1 Å². The lowest BCUT2D eigenvalue weighted by Crippen LogP contribution is -2.20. The molecule has 0 bridgehead atoms. The Morgan fingerprint density at radius 3 is 2.29 bits per heavy atom. The van der Waals surface area contributed by atoms with Gasteiger partial charge in [-0.15, -0.1) is 11.3 Å². The molecule has 0 unspecified atom stereocenters. The van der Waals surface area contributed by atoms with Crippen molar-refractivity contribution in [2.75, 3.05) is 11.9 Å². The first-order valence-electron chi connectivity index (χ1n) is 8.42. The maximum atomic E-state index is 12.2. The number of carbonyl (C=O) groups is 3. The SMILES string of the molecule is CC(=O)c1ccc(C(=O)OCC(=O)Nc2ccccc2Oc2ccccc2)s1. The largest absolute Gasteiger partial charge is 0.455 e. The van der Waals surface area contributed by atoms with E-state index in [1.807, 2.05) is 18.2 Å². The zero-order valence-electron chi connectivity index (χ0n) is 15.0. The van der Waals surface area contributed by atoms with Crippen LogP contribution in [0.5, 0.6) is 11.5 Å². The fourth-order valence-electron chi connectivity index (χ4n) is 2.30. The molecule has 2 aromatic carbocycles. The van der Waals surface area contributed by atoms with Gasteiger partial charge in [-0.2, -0.15) is 0 Å². The van der Waals surface area contributed by atoms with E-state index in [1.165, 1.54) is 13.0 Å². The Labute approximate surface area is 165 Å². The quantitative estimate of drug-likeness (QED) is 0.469. The summed E-state index contributed by atoms with van der Waals surface area (Å²) in [4.78, 5) is 36.2. The van der Waals surface area contributed by atoms with Gasteiger partial charge < -0.3 is 14.8 Å². The Hall–Kier alpha value is -3.45. The van der Waals surface area contributed by atoms with E-state index < -0.39 is 18.5 Å². The highest BCUT2D eigenvalue weighted by molar-refractivity contribution is 7.15. The van der Waals surface area contributed by atoms with E-state index in [9.17, 15) is 14.4 Å². The van der Waals surface area contributed by atoms with Gasteiger partial charge in [-0.3, -0.25) is 9.59 Å². The molecule has 28 heavy (non-hydrogen) atoms. The monoisotopic (exact) mass is 395 g/mol. The summed E-state index contributed by atoms with van der Waals surface area (Å²) in [6.45, 7) is 0.967. The van der Waals surface area contributed by atoms with Gasteiger partial charge in [-0.25, -0.2) is 4.79 Å². The van der Waals surface area contributed by atoms with Crippen LogP contribution in [0.2, 0.25) is 0 Å². The number of Topliss-reactive ketones (excluding diaryl/α,β-unsaturated/α-hetero) is 1. The van der Waals surface area contributed by atoms with Gasteiger partial charge in [0, 0.05) is 0 Å². The third-order valence-corrected chi connectivity index (χ3v) is 4.79. The average Bonchev–Trinajstić information content (AvgIpc) is 3.19. The molecule has 1 amide bonds. The highest BCUT2D eigenvalue weighted by Gasteiger charge is 2.15. The molecule has 0 fully saturated rings. The fraction of sp³-hybridized carbons (Fsp3) is 0.0952. The van der Waals surface area contributed by atoms with Crippen molar-refractivity contribution in [3.8, 4) is 11.5 Å². The number of hydrogen-bond acceptors (Lipinski definition) is 6. The van der Waals surface area contributed by atoms with E-state index in [0.29, 0.717) is 22.1 Å². The smallest absolute Gasteiger partial charge is 0.348 e. The Balaban J connectivity index is 1.59. The lowest BCUT2D eigenvalue weighted by Gasteiger charge is -2.12. The zero-order chi connectivity index (χ0) is 19.9. The van der Waals surface area contributed by atoms with Gasteiger partial charge in [0.05, 0.1) is 10.6 Å². The number of rotatable bonds is 7. The van der Waals surface area contributed by atoms with E-state index in [-0.39, 0.29) is 10.7 Å². The molecule has 3 aromatic rings. The van der Waals surface area contributed by atoms with Crippen LogP contribution in [-0.4, -0.2) is 24.3 Å². The van der Waals surface area contributed by atoms with Crippen LogP contribution in [0.3, 0.4) is 0 Å². The molecule has 0 aliphatic carbocycles. The predicted molar refractivity (Wildman–Crippen MR) is 106 cm³/mol. The van der Waals surface area contributed by atoms with Crippen molar-refractivity contribution in [3.63, 3.8) is 0 Å². The maximum absolute atomic E-state index is 12.2. The van der Waals surface area contributed by atoms with Gasteiger partial charge in [0.1, 0.15) is 10.6 Å².